The molecule has 0 spiro atoms. The van der Waals surface area contributed by atoms with Crippen molar-refractivity contribution in [1.29, 1.82) is 0 Å². The summed E-state index contributed by atoms with van der Waals surface area (Å²) in [5, 5.41) is 12.3. The number of carboxylic acids is 1. The van der Waals surface area contributed by atoms with E-state index in [0.717, 1.165) is 5.56 Å². The molecule has 2 atom stereocenters. The average molecular weight is 371 g/mol. The lowest BCUT2D eigenvalue weighted by Crippen LogP contribution is -2.46. The number of amides is 1. The highest BCUT2D eigenvalue weighted by atomic mass is 16.5. The van der Waals surface area contributed by atoms with Gasteiger partial charge in [0, 0.05) is 0 Å². The van der Waals surface area contributed by atoms with Gasteiger partial charge in [-0.2, -0.15) is 0 Å². The topological polar surface area (TPSA) is 84.9 Å². The average Bonchev–Trinajstić information content (AvgIpc) is 2.66. The molecule has 2 rings (SSSR count). The third kappa shape index (κ3) is 5.00. The summed E-state index contributed by atoms with van der Waals surface area (Å²) in [7, 11) is 3.10. The molecule has 2 N–H and O–H groups in total. The molecule has 0 aliphatic carbocycles. The summed E-state index contributed by atoms with van der Waals surface area (Å²) in [5.74, 6) is -0.490. The van der Waals surface area contributed by atoms with Crippen LogP contribution in [0.3, 0.4) is 0 Å². The maximum Gasteiger partial charge on any atom is 0.306 e. The molecule has 2 aromatic carbocycles. The number of methoxy groups -OCH3 is 2. The van der Waals surface area contributed by atoms with E-state index in [-0.39, 0.29) is 12.3 Å². The maximum absolute atomic E-state index is 12.9. The molecule has 0 aromatic heterocycles. The van der Waals surface area contributed by atoms with Crippen molar-refractivity contribution < 1.29 is 24.2 Å². The first kappa shape index (κ1) is 20.3. The molecule has 0 saturated carbocycles. The Morgan fingerprint density at radius 2 is 1.67 bits per heavy atom. The Morgan fingerprint density at radius 3 is 2.26 bits per heavy atom. The van der Waals surface area contributed by atoms with E-state index in [1.807, 2.05) is 12.1 Å². The minimum atomic E-state index is -1.08. The first-order valence-electron chi connectivity index (χ1n) is 8.61. The zero-order valence-electron chi connectivity index (χ0n) is 16.0. The van der Waals surface area contributed by atoms with Crippen molar-refractivity contribution in [3.63, 3.8) is 0 Å². The van der Waals surface area contributed by atoms with Gasteiger partial charge in [0.1, 0.15) is 11.5 Å². The van der Waals surface area contributed by atoms with Gasteiger partial charge in [0.15, 0.2) is 0 Å². The molecule has 2 aromatic rings. The second kappa shape index (κ2) is 8.58. The summed E-state index contributed by atoms with van der Waals surface area (Å²) in [4.78, 5) is 24.3. The molecule has 0 radical (unpaired) electrons. The molecule has 6 heteroatoms. The number of carboxylic acid groups (broad SMARTS) is 1. The number of rotatable bonds is 8. The molecule has 2 unspecified atom stereocenters. The maximum atomic E-state index is 12.9. The molecule has 0 bridgehead atoms. The molecular formula is C21H25NO5. The van der Waals surface area contributed by atoms with Gasteiger partial charge in [0.05, 0.1) is 32.1 Å². The number of aliphatic carboxylic acids is 1. The van der Waals surface area contributed by atoms with Gasteiger partial charge >= 0.3 is 5.97 Å². The van der Waals surface area contributed by atoms with Crippen molar-refractivity contribution in [3.05, 3.63) is 59.7 Å². The van der Waals surface area contributed by atoms with E-state index < -0.39 is 17.4 Å². The van der Waals surface area contributed by atoms with Gasteiger partial charge in [-0.3, -0.25) is 9.59 Å². The fourth-order valence-corrected chi connectivity index (χ4v) is 2.93. The van der Waals surface area contributed by atoms with Gasteiger partial charge in [0.25, 0.3) is 0 Å². The minimum absolute atomic E-state index is 0.253. The number of hydrogen-bond acceptors (Lipinski definition) is 4. The standard InChI is InChI=1S/C21H25NO5/c1-14(15-7-5-9-17(11-15)26-3)20(25)22-21(2,13-19(23)24)16-8-6-10-18(12-16)27-4/h5-12,14H,13H2,1-4H3,(H,22,25)(H,23,24). The van der Waals surface area contributed by atoms with Gasteiger partial charge < -0.3 is 19.9 Å². The van der Waals surface area contributed by atoms with Crippen molar-refractivity contribution in [2.24, 2.45) is 0 Å². The Balaban J connectivity index is 2.31. The van der Waals surface area contributed by atoms with Crippen molar-refractivity contribution >= 4 is 11.9 Å². The summed E-state index contributed by atoms with van der Waals surface area (Å²) < 4.78 is 10.4. The normalized spacial score (nSPS) is 13.9. The van der Waals surface area contributed by atoms with Crippen LogP contribution in [0.15, 0.2) is 48.5 Å². The second-order valence-electron chi connectivity index (χ2n) is 6.62. The van der Waals surface area contributed by atoms with E-state index in [0.29, 0.717) is 17.1 Å². The molecule has 27 heavy (non-hydrogen) atoms. The SMILES string of the molecule is COc1cccc(C(C)C(=O)NC(C)(CC(=O)O)c2cccc(OC)c2)c1. The van der Waals surface area contributed by atoms with Gasteiger partial charge in [-0.05, 0) is 49.2 Å². The van der Waals surface area contributed by atoms with Crippen LogP contribution in [0.4, 0.5) is 0 Å². The number of benzene rings is 2. The summed E-state index contributed by atoms with van der Waals surface area (Å²) in [5.41, 5.74) is 0.371. The van der Waals surface area contributed by atoms with E-state index in [1.54, 1.807) is 57.4 Å². The lowest BCUT2D eigenvalue weighted by molar-refractivity contribution is -0.139. The van der Waals surface area contributed by atoms with Crippen LogP contribution in [0.25, 0.3) is 0 Å². The molecule has 0 heterocycles. The first-order valence-corrected chi connectivity index (χ1v) is 8.61. The number of ether oxygens (including phenoxy) is 2. The van der Waals surface area contributed by atoms with Crippen LogP contribution in [0.1, 0.15) is 37.3 Å². The highest BCUT2D eigenvalue weighted by Gasteiger charge is 2.33. The van der Waals surface area contributed by atoms with Crippen molar-refractivity contribution in [1.82, 2.24) is 5.32 Å². The molecule has 0 fully saturated rings. The first-order chi connectivity index (χ1) is 12.8. The lowest BCUT2D eigenvalue weighted by atomic mass is 9.87. The third-order valence-corrected chi connectivity index (χ3v) is 4.60. The number of carbonyl (C=O) groups excluding carboxylic acids is 1. The molecule has 0 aliphatic rings. The quantitative estimate of drug-likeness (QED) is 0.744. The molecule has 6 nitrogen and oxygen atoms in total. The summed E-state index contributed by atoms with van der Waals surface area (Å²) in [6.07, 6.45) is -0.253. The van der Waals surface area contributed by atoms with Crippen molar-refractivity contribution in [2.45, 2.75) is 31.7 Å². The van der Waals surface area contributed by atoms with Crippen LogP contribution >= 0.6 is 0 Å². The molecule has 1 amide bonds. The van der Waals surface area contributed by atoms with Crippen LogP contribution in [-0.2, 0) is 15.1 Å². The Morgan fingerprint density at radius 1 is 1.07 bits per heavy atom. The highest BCUT2D eigenvalue weighted by molar-refractivity contribution is 5.85. The minimum Gasteiger partial charge on any atom is -0.497 e. The Labute approximate surface area is 159 Å². The zero-order chi connectivity index (χ0) is 20.0. The highest BCUT2D eigenvalue weighted by Crippen LogP contribution is 2.29. The largest absolute Gasteiger partial charge is 0.497 e. The zero-order valence-corrected chi connectivity index (χ0v) is 16.0. The number of nitrogens with one attached hydrogen (secondary N) is 1. The van der Waals surface area contributed by atoms with E-state index in [1.165, 1.54) is 7.11 Å². The lowest BCUT2D eigenvalue weighted by Gasteiger charge is -2.31. The van der Waals surface area contributed by atoms with Crippen LogP contribution < -0.4 is 14.8 Å². The summed E-state index contributed by atoms with van der Waals surface area (Å²) >= 11 is 0. The molecular weight excluding hydrogens is 346 g/mol. The predicted molar refractivity (Wildman–Crippen MR) is 102 cm³/mol. The Kier molecular flexibility index (Phi) is 6.45. The second-order valence-corrected chi connectivity index (χ2v) is 6.62. The molecule has 0 aliphatic heterocycles. The third-order valence-electron chi connectivity index (χ3n) is 4.60. The van der Waals surface area contributed by atoms with Crippen LogP contribution in [0, 0.1) is 0 Å². The monoisotopic (exact) mass is 371 g/mol. The number of carbonyl (C=O) groups is 2. The van der Waals surface area contributed by atoms with E-state index >= 15 is 0 Å². The van der Waals surface area contributed by atoms with E-state index in [2.05, 4.69) is 5.32 Å². The smallest absolute Gasteiger partial charge is 0.306 e. The van der Waals surface area contributed by atoms with Crippen LogP contribution in [-0.4, -0.2) is 31.2 Å². The van der Waals surface area contributed by atoms with Crippen LogP contribution in [0.5, 0.6) is 11.5 Å². The summed E-state index contributed by atoms with van der Waals surface area (Å²) in [6.45, 7) is 3.48. The van der Waals surface area contributed by atoms with Gasteiger partial charge in [-0.15, -0.1) is 0 Å². The summed E-state index contributed by atoms with van der Waals surface area (Å²) in [6, 6.07) is 14.3. The molecule has 0 saturated heterocycles. The molecule has 144 valence electrons. The van der Waals surface area contributed by atoms with E-state index in [4.69, 9.17) is 9.47 Å². The van der Waals surface area contributed by atoms with Gasteiger partial charge in [0.2, 0.25) is 5.91 Å². The van der Waals surface area contributed by atoms with Crippen molar-refractivity contribution in [3.8, 4) is 11.5 Å². The van der Waals surface area contributed by atoms with Crippen molar-refractivity contribution in [2.75, 3.05) is 14.2 Å². The fraction of sp³-hybridized carbons (Fsp3) is 0.333. The predicted octanol–water partition coefficient (Wildman–Crippen LogP) is 3.31. The number of hydrogen-bond donors (Lipinski definition) is 2. The van der Waals surface area contributed by atoms with Gasteiger partial charge in [-0.1, -0.05) is 24.3 Å². The van der Waals surface area contributed by atoms with Crippen LogP contribution in [0.2, 0.25) is 0 Å². The Hall–Kier alpha value is -3.02. The van der Waals surface area contributed by atoms with Gasteiger partial charge in [-0.25, -0.2) is 0 Å². The Bertz CT molecular complexity index is 820. The fourth-order valence-electron chi connectivity index (χ4n) is 2.93. The van der Waals surface area contributed by atoms with E-state index in [9.17, 15) is 14.7 Å².